The van der Waals surface area contributed by atoms with Gasteiger partial charge in [-0.25, -0.2) is 0 Å². The SMILES string of the molecule is CO[C@H]1OC(COCc2ccccc2)[C@@H](OCc2ccccc2)C(OC(C)=O)C1OCc1ccccc1. The lowest BCUT2D eigenvalue weighted by Crippen LogP contribution is -2.62. The Hall–Kier alpha value is -3.07. The van der Waals surface area contributed by atoms with E-state index in [0.29, 0.717) is 19.8 Å². The van der Waals surface area contributed by atoms with Gasteiger partial charge in [-0.1, -0.05) is 91.0 Å². The van der Waals surface area contributed by atoms with Crippen LogP contribution >= 0.6 is 0 Å². The third-order valence-electron chi connectivity index (χ3n) is 6.09. The third-order valence-corrected chi connectivity index (χ3v) is 6.09. The van der Waals surface area contributed by atoms with Gasteiger partial charge < -0.3 is 28.4 Å². The summed E-state index contributed by atoms with van der Waals surface area (Å²) >= 11 is 0. The van der Waals surface area contributed by atoms with Crippen molar-refractivity contribution in [2.75, 3.05) is 13.7 Å². The molecule has 1 saturated heterocycles. The van der Waals surface area contributed by atoms with Crippen molar-refractivity contribution in [3.63, 3.8) is 0 Å². The standard InChI is InChI=1S/C30H34O7/c1-22(31)36-28-27(34-19-24-14-8-4-9-15-24)26(21-33-18-23-12-6-3-7-13-23)37-30(32-2)29(28)35-20-25-16-10-5-11-17-25/h3-17,26-30H,18-21H2,1-2H3/t26?,27-,28?,29?,30+/m1/s1. The molecule has 0 spiro atoms. The first-order valence-corrected chi connectivity index (χ1v) is 12.4. The second-order valence-corrected chi connectivity index (χ2v) is 8.88. The number of rotatable bonds is 12. The number of esters is 1. The van der Waals surface area contributed by atoms with E-state index in [-0.39, 0.29) is 6.61 Å². The summed E-state index contributed by atoms with van der Waals surface area (Å²) in [5.41, 5.74) is 3.02. The van der Waals surface area contributed by atoms with Crippen molar-refractivity contribution < 1.29 is 33.2 Å². The summed E-state index contributed by atoms with van der Waals surface area (Å²) in [5, 5.41) is 0. The van der Waals surface area contributed by atoms with E-state index >= 15 is 0 Å². The molecular formula is C30H34O7. The van der Waals surface area contributed by atoms with Crippen molar-refractivity contribution in [1.29, 1.82) is 0 Å². The minimum absolute atomic E-state index is 0.220. The van der Waals surface area contributed by atoms with Gasteiger partial charge in [0.05, 0.1) is 26.4 Å². The minimum atomic E-state index is -0.782. The van der Waals surface area contributed by atoms with Crippen LogP contribution in [0.5, 0.6) is 0 Å². The summed E-state index contributed by atoms with van der Waals surface area (Å²) in [5.74, 6) is -0.438. The maximum absolute atomic E-state index is 12.2. The number of hydrogen-bond donors (Lipinski definition) is 0. The van der Waals surface area contributed by atoms with Crippen LogP contribution in [-0.2, 0) is 53.0 Å². The average molecular weight is 507 g/mol. The summed E-state index contributed by atoms with van der Waals surface area (Å²) in [7, 11) is 1.54. The van der Waals surface area contributed by atoms with E-state index < -0.39 is 36.7 Å². The highest BCUT2D eigenvalue weighted by molar-refractivity contribution is 5.66. The van der Waals surface area contributed by atoms with Gasteiger partial charge in [-0.3, -0.25) is 4.79 Å². The van der Waals surface area contributed by atoms with E-state index in [2.05, 4.69) is 0 Å². The van der Waals surface area contributed by atoms with Crippen LogP contribution in [0.3, 0.4) is 0 Å². The van der Waals surface area contributed by atoms with Gasteiger partial charge in [-0.05, 0) is 16.7 Å². The predicted molar refractivity (Wildman–Crippen MR) is 137 cm³/mol. The summed E-state index contributed by atoms with van der Waals surface area (Å²) in [4.78, 5) is 12.2. The van der Waals surface area contributed by atoms with Gasteiger partial charge >= 0.3 is 5.97 Å². The van der Waals surface area contributed by atoms with Crippen molar-refractivity contribution in [2.24, 2.45) is 0 Å². The first kappa shape index (κ1) is 27.0. The lowest BCUT2D eigenvalue weighted by atomic mass is 9.98. The van der Waals surface area contributed by atoms with E-state index in [0.717, 1.165) is 16.7 Å². The van der Waals surface area contributed by atoms with Crippen LogP contribution in [0.1, 0.15) is 23.6 Å². The molecule has 3 aromatic carbocycles. The van der Waals surface area contributed by atoms with Crippen LogP contribution < -0.4 is 0 Å². The molecular weight excluding hydrogens is 472 g/mol. The highest BCUT2D eigenvalue weighted by Crippen LogP contribution is 2.30. The van der Waals surface area contributed by atoms with Crippen LogP contribution in [0, 0.1) is 0 Å². The Morgan fingerprint density at radius 3 is 1.68 bits per heavy atom. The van der Waals surface area contributed by atoms with Gasteiger partial charge in [-0.15, -0.1) is 0 Å². The molecule has 7 heteroatoms. The van der Waals surface area contributed by atoms with Gasteiger partial charge in [0.15, 0.2) is 12.4 Å². The minimum Gasteiger partial charge on any atom is -0.457 e. The number of benzene rings is 3. The quantitative estimate of drug-likeness (QED) is 0.331. The maximum atomic E-state index is 12.2. The van der Waals surface area contributed by atoms with E-state index in [9.17, 15) is 4.79 Å². The van der Waals surface area contributed by atoms with Gasteiger partial charge in [0.1, 0.15) is 18.3 Å². The van der Waals surface area contributed by atoms with Crippen molar-refractivity contribution in [3.8, 4) is 0 Å². The third kappa shape index (κ3) is 7.95. The molecule has 5 atom stereocenters. The van der Waals surface area contributed by atoms with Crippen molar-refractivity contribution in [3.05, 3.63) is 108 Å². The molecule has 0 radical (unpaired) electrons. The van der Waals surface area contributed by atoms with E-state index in [1.807, 2.05) is 91.0 Å². The Kier molecular flexibility index (Phi) is 10.2. The number of ether oxygens (including phenoxy) is 6. The monoisotopic (exact) mass is 506 g/mol. The molecule has 0 aliphatic carbocycles. The molecule has 7 nitrogen and oxygen atoms in total. The van der Waals surface area contributed by atoms with Crippen LogP contribution in [0.4, 0.5) is 0 Å². The fourth-order valence-electron chi connectivity index (χ4n) is 4.31. The number of methoxy groups -OCH3 is 1. The number of carbonyl (C=O) groups is 1. The van der Waals surface area contributed by atoms with Crippen molar-refractivity contribution in [1.82, 2.24) is 0 Å². The van der Waals surface area contributed by atoms with E-state index in [1.165, 1.54) is 6.92 Å². The van der Waals surface area contributed by atoms with E-state index in [4.69, 9.17) is 28.4 Å². The Morgan fingerprint density at radius 2 is 1.19 bits per heavy atom. The highest BCUT2D eigenvalue weighted by atomic mass is 16.7. The van der Waals surface area contributed by atoms with Crippen molar-refractivity contribution in [2.45, 2.75) is 57.5 Å². The average Bonchev–Trinajstić information content (AvgIpc) is 2.93. The second kappa shape index (κ2) is 14.0. The van der Waals surface area contributed by atoms with Gasteiger partial charge in [0, 0.05) is 14.0 Å². The van der Waals surface area contributed by atoms with Crippen LogP contribution in [0.25, 0.3) is 0 Å². The zero-order valence-corrected chi connectivity index (χ0v) is 21.2. The normalized spacial score (nSPS) is 23.5. The molecule has 0 amide bonds. The topological polar surface area (TPSA) is 72.5 Å². The molecule has 3 aromatic rings. The van der Waals surface area contributed by atoms with Gasteiger partial charge in [0.2, 0.25) is 0 Å². The van der Waals surface area contributed by atoms with Gasteiger partial charge in [-0.2, -0.15) is 0 Å². The molecule has 1 fully saturated rings. The highest BCUT2D eigenvalue weighted by Gasteiger charge is 2.50. The first-order valence-electron chi connectivity index (χ1n) is 12.4. The lowest BCUT2D eigenvalue weighted by Gasteiger charge is -2.45. The zero-order valence-electron chi connectivity index (χ0n) is 21.2. The molecule has 0 aromatic heterocycles. The number of hydrogen-bond acceptors (Lipinski definition) is 7. The smallest absolute Gasteiger partial charge is 0.303 e. The molecule has 1 heterocycles. The molecule has 1 aliphatic rings. The molecule has 0 N–H and O–H groups in total. The first-order chi connectivity index (χ1) is 18.1. The molecule has 4 rings (SSSR count). The lowest BCUT2D eigenvalue weighted by molar-refractivity contribution is -0.316. The Labute approximate surface area is 218 Å². The Bertz CT molecular complexity index is 1060. The maximum Gasteiger partial charge on any atom is 0.303 e. The van der Waals surface area contributed by atoms with Crippen molar-refractivity contribution >= 4 is 5.97 Å². The Morgan fingerprint density at radius 1 is 0.703 bits per heavy atom. The molecule has 37 heavy (non-hydrogen) atoms. The molecule has 0 saturated carbocycles. The Balaban J connectivity index is 1.54. The summed E-state index contributed by atoms with van der Waals surface area (Å²) in [6, 6.07) is 29.5. The van der Waals surface area contributed by atoms with E-state index in [1.54, 1.807) is 7.11 Å². The predicted octanol–water partition coefficient (Wildman–Crippen LogP) is 4.68. The fraction of sp³-hybridized carbons (Fsp3) is 0.367. The summed E-state index contributed by atoms with van der Waals surface area (Å²) in [6.45, 7) is 2.62. The molecule has 3 unspecified atom stereocenters. The largest absolute Gasteiger partial charge is 0.457 e. The van der Waals surface area contributed by atoms with Crippen LogP contribution in [0.2, 0.25) is 0 Å². The fourth-order valence-corrected chi connectivity index (χ4v) is 4.31. The molecule has 1 aliphatic heterocycles. The molecule has 196 valence electrons. The van der Waals surface area contributed by atoms with Crippen LogP contribution in [0.15, 0.2) is 91.0 Å². The summed E-state index contributed by atoms with van der Waals surface area (Å²) < 4.78 is 36.4. The van der Waals surface area contributed by atoms with Gasteiger partial charge in [0.25, 0.3) is 0 Å². The number of carbonyl (C=O) groups excluding carboxylic acids is 1. The second-order valence-electron chi connectivity index (χ2n) is 8.88. The summed E-state index contributed by atoms with van der Waals surface area (Å²) in [6.07, 6.45) is -3.46. The molecule has 0 bridgehead atoms. The van der Waals surface area contributed by atoms with Crippen LogP contribution in [-0.4, -0.2) is 50.4 Å². The zero-order chi connectivity index (χ0) is 25.9.